The second kappa shape index (κ2) is 7.53. The lowest BCUT2D eigenvalue weighted by molar-refractivity contribution is -0.112. The van der Waals surface area contributed by atoms with Crippen molar-refractivity contribution in [2.75, 3.05) is 10.6 Å². The number of nitrogens with zero attached hydrogens (tertiary/aromatic N) is 1. The van der Waals surface area contributed by atoms with Crippen LogP contribution in [0.5, 0.6) is 5.75 Å². The maximum atomic E-state index is 12.2. The van der Waals surface area contributed by atoms with Crippen LogP contribution in [0, 0.1) is 25.2 Å². The Hall–Kier alpha value is -2.97. The minimum Gasteiger partial charge on any atom is -0.508 e. The Morgan fingerprint density at radius 1 is 1.21 bits per heavy atom. The molecule has 0 aromatic heterocycles. The summed E-state index contributed by atoms with van der Waals surface area (Å²) in [6.45, 7) is 3.66. The third-order valence-electron chi connectivity index (χ3n) is 3.38. The van der Waals surface area contributed by atoms with E-state index in [1.807, 2.05) is 13.0 Å². The Bertz CT molecular complexity index is 854. The van der Waals surface area contributed by atoms with Gasteiger partial charge in [0.1, 0.15) is 17.4 Å². The number of nitrogens with one attached hydrogen (secondary N) is 2. The van der Waals surface area contributed by atoms with Crippen molar-refractivity contribution < 1.29 is 9.90 Å². The van der Waals surface area contributed by atoms with Crippen molar-refractivity contribution in [3.05, 3.63) is 64.3 Å². The molecule has 3 N–H and O–H groups in total. The van der Waals surface area contributed by atoms with E-state index in [1.165, 1.54) is 12.3 Å². The highest BCUT2D eigenvalue weighted by Crippen LogP contribution is 2.21. The van der Waals surface area contributed by atoms with Gasteiger partial charge in [-0.25, -0.2) is 0 Å². The van der Waals surface area contributed by atoms with E-state index in [0.717, 1.165) is 11.1 Å². The Kier molecular flexibility index (Phi) is 5.46. The molecule has 0 fully saturated rings. The molecule has 0 aliphatic rings. The molecule has 2 aromatic rings. The Morgan fingerprint density at radius 2 is 1.96 bits per heavy atom. The van der Waals surface area contributed by atoms with Crippen LogP contribution >= 0.6 is 11.6 Å². The largest absolute Gasteiger partial charge is 0.508 e. The fourth-order valence-corrected chi connectivity index (χ4v) is 2.16. The minimum atomic E-state index is -0.540. The molecular weight excluding hydrogens is 326 g/mol. The van der Waals surface area contributed by atoms with E-state index >= 15 is 0 Å². The summed E-state index contributed by atoms with van der Waals surface area (Å²) in [5.41, 5.74) is 2.80. The molecule has 0 heterocycles. The number of carbonyl (C=O) groups excluding carboxylic acids is 1. The van der Waals surface area contributed by atoms with Crippen molar-refractivity contribution in [1.82, 2.24) is 0 Å². The number of phenols is 1. The van der Waals surface area contributed by atoms with Crippen LogP contribution in [0.15, 0.2) is 48.2 Å². The first-order chi connectivity index (χ1) is 11.4. The highest BCUT2D eigenvalue weighted by Gasteiger charge is 2.10. The lowest BCUT2D eigenvalue weighted by atomic mass is 10.2. The Labute approximate surface area is 145 Å². The fraction of sp³-hybridized carbons (Fsp3) is 0.111. The highest BCUT2D eigenvalue weighted by molar-refractivity contribution is 6.31. The normalized spacial score (nSPS) is 10.8. The van der Waals surface area contributed by atoms with Gasteiger partial charge < -0.3 is 15.7 Å². The van der Waals surface area contributed by atoms with Gasteiger partial charge in [-0.1, -0.05) is 17.7 Å². The van der Waals surface area contributed by atoms with Crippen molar-refractivity contribution in [3.63, 3.8) is 0 Å². The second-order valence-corrected chi connectivity index (χ2v) is 5.64. The van der Waals surface area contributed by atoms with Crippen molar-refractivity contribution in [2.24, 2.45) is 0 Å². The van der Waals surface area contributed by atoms with Gasteiger partial charge >= 0.3 is 0 Å². The van der Waals surface area contributed by atoms with Crippen LogP contribution in [0.25, 0.3) is 0 Å². The van der Waals surface area contributed by atoms with Crippen LogP contribution in [-0.4, -0.2) is 11.0 Å². The lowest BCUT2D eigenvalue weighted by Gasteiger charge is -2.08. The predicted octanol–water partition coefficient (Wildman–Crippen LogP) is 4.12. The number of carbonyl (C=O) groups is 1. The number of aryl methyl sites for hydroxylation is 2. The number of rotatable bonds is 4. The number of nitriles is 1. The van der Waals surface area contributed by atoms with Crippen molar-refractivity contribution in [1.29, 1.82) is 5.26 Å². The topological polar surface area (TPSA) is 85.2 Å². The van der Waals surface area contributed by atoms with Crippen LogP contribution in [0.3, 0.4) is 0 Å². The first-order valence-corrected chi connectivity index (χ1v) is 7.52. The second-order valence-electron chi connectivity index (χ2n) is 5.23. The highest BCUT2D eigenvalue weighted by atomic mass is 35.5. The fourth-order valence-electron chi connectivity index (χ4n) is 1.98. The van der Waals surface area contributed by atoms with Gasteiger partial charge in [-0.3, -0.25) is 4.79 Å². The van der Waals surface area contributed by atoms with E-state index in [-0.39, 0.29) is 11.3 Å². The molecule has 0 saturated heterocycles. The molecule has 0 unspecified atom stereocenters. The number of hydrogen-bond acceptors (Lipinski definition) is 4. The monoisotopic (exact) mass is 341 g/mol. The molecule has 0 bridgehead atoms. The van der Waals surface area contributed by atoms with Crippen molar-refractivity contribution in [3.8, 4) is 11.8 Å². The van der Waals surface area contributed by atoms with Gasteiger partial charge in [-0.15, -0.1) is 0 Å². The molecular formula is C18H16ClN3O2. The third-order valence-corrected chi connectivity index (χ3v) is 3.78. The summed E-state index contributed by atoms with van der Waals surface area (Å²) in [7, 11) is 0. The number of anilines is 2. The molecule has 0 saturated carbocycles. The maximum Gasteiger partial charge on any atom is 0.267 e. The van der Waals surface area contributed by atoms with Gasteiger partial charge in [0.25, 0.3) is 5.91 Å². The number of benzene rings is 2. The molecule has 122 valence electrons. The molecule has 24 heavy (non-hydrogen) atoms. The van der Waals surface area contributed by atoms with Crippen LogP contribution in [-0.2, 0) is 4.79 Å². The van der Waals surface area contributed by atoms with E-state index in [9.17, 15) is 15.2 Å². The van der Waals surface area contributed by atoms with Crippen LogP contribution in [0.4, 0.5) is 11.4 Å². The molecule has 0 radical (unpaired) electrons. The zero-order chi connectivity index (χ0) is 17.7. The SMILES string of the molecule is Cc1ccc(NC(=O)/C(C#N)=C\Nc2ccc(O)cc2C)cc1Cl. The summed E-state index contributed by atoms with van der Waals surface area (Å²) in [5, 5.41) is 24.6. The molecule has 6 heteroatoms. The van der Waals surface area contributed by atoms with Gasteiger partial charge in [-0.05, 0) is 55.3 Å². The molecule has 1 amide bonds. The molecule has 0 atom stereocenters. The van der Waals surface area contributed by atoms with Gasteiger partial charge in [0.2, 0.25) is 0 Å². The number of halogens is 1. The number of phenolic OH excluding ortho intramolecular Hbond substituents is 1. The van der Waals surface area contributed by atoms with E-state index < -0.39 is 5.91 Å². The van der Waals surface area contributed by atoms with Crippen LogP contribution in [0.2, 0.25) is 5.02 Å². The number of hydrogen-bond donors (Lipinski definition) is 3. The third kappa shape index (κ3) is 4.28. The number of amides is 1. The Morgan fingerprint density at radius 3 is 2.58 bits per heavy atom. The van der Waals surface area contributed by atoms with E-state index in [2.05, 4.69) is 10.6 Å². The summed E-state index contributed by atoms with van der Waals surface area (Å²) in [6, 6.07) is 11.7. The van der Waals surface area contributed by atoms with Gasteiger partial charge in [0, 0.05) is 22.6 Å². The first kappa shape index (κ1) is 17.4. The van der Waals surface area contributed by atoms with E-state index in [1.54, 1.807) is 37.3 Å². The summed E-state index contributed by atoms with van der Waals surface area (Å²) >= 11 is 6.02. The number of aromatic hydroxyl groups is 1. The summed E-state index contributed by atoms with van der Waals surface area (Å²) in [4.78, 5) is 12.2. The molecule has 2 rings (SSSR count). The molecule has 2 aromatic carbocycles. The van der Waals surface area contributed by atoms with Crippen LogP contribution in [0.1, 0.15) is 11.1 Å². The Balaban J connectivity index is 2.13. The lowest BCUT2D eigenvalue weighted by Crippen LogP contribution is -2.14. The minimum absolute atomic E-state index is 0.0841. The summed E-state index contributed by atoms with van der Waals surface area (Å²) in [5.74, 6) is -0.391. The maximum absolute atomic E-state index is 12.2. The first-order valence-electron chi connectivity index (χ1n) is 7.14. The zero-order valence-corrected chi connectivity index (χ0v) is 14.0. The van der Waals surface area contributed by atoms with Crippen molar-refractivity contribution in [2.45, 2.75) is 13.8 Å². The van der Waals surface area contributed by atoms with Gasteiger partial charge in [0.05, 0.1) is 0 Å². The van der Waals surface area contributed by atoms with E-state index in [4.69, 9.17) is 11.6 Å². The van der Waals surface area contributed by atoms with Gasteiger partial charge in [-0.2, -0.15) is 5.26 Å². The summed E-state index contributed by atoms with van der Waals surface area (Å²) in [6.07, 6.45) is 1.32. The standard InChI is InChI=1S/C18H16ClN3O2/c1-11-3-4-14(8-16(11)19)22-18(24)13(9-20)10-21-17-6-5-15(23)7-12(17)2/h3-8,10,21,23H,1-2H3,(H,22,24)/b13-10-. The van der Waals surface area contributed by atoms with E-state index in [0.29, 0.717) is 16.4 Å². The summed E-state index contributed by atoms with van der Waals surface area (Å²) < 4.78 is 0. The molecule has 0 aliphatic heterocycles. The van der Waals surface area contributed by atoms with Crippen LogP contribution < -0.4 is 10.6 Å². The quantitative estimate of drug-likeness (QED) is 0.443. The predicted molar refractivity (Wildman–Crippen MR) is 95.0 cm³/mol. The van der Waals surface area contributed by atoms with Crippen molar-refractivity contribution >= 4 is 28.9 Å². The average Bonchev–Trinajstić information content (AvgIpc) is 2.53. The molecule has 0 spiro atoms. The smallest absolute Gasteiger partial charge is 0.267 e. The average molecular weight is 342 g/mol. The zero-order valence-electron chi connectivity index (χ0n) is 13.2. The molecule has 5 nitrogen and oxygen atoms in total. The molecule has 0 aliphatic carbocycles. The van der Waals surface area contributed by atoms with Gasteiger partial charge in [0.15, 0.2) is 0 Å².